The molecule has 1 aromatic rings. The number of nitrogens with zero attached hydrogens (tertiary/aromatic N) is 1. The molecule has 108 valence electrons. The SMILES string of the molecule is CCCC(CC)Nc1snc(N)c1C(=O)NC(C)C. The van der Waals surface area contributed by atoms with E-state index in [-0.39, 0.29) is 11.9 Å². The molecular weight excluding hydrogens is 260 g/mol. The Kier molecular flexibility index (Phi) is 6.08. The maximum absolute atomic E-state index is 12.1. The highest BCUT2D eigenvalue weighted by Crippen LogP contribution is 2.28. The summed E-state index contributed by atoms with van der Waals surface area (Å²) < 4.78 is 4.09. The minimum absolute atomic E-state index is 0.0808. The van der Waals surface area contributed by atoms with Gasteiger partial charge in [0.25, 0.3) is 5.91 Å². The summed E-state index contributed by atoms with van der Waals surface area (Å²) >= 11 is 1.25. The van der Waals surface area contributed by atoms with Gasteiger partial charge in [-0.3, -0.25) is 4.79 Å². The molecule has 1 atom stereocenters. The van der Waals surface area contributed by atoms with Crippen molar-refractivity contribution < 1.29 is 4.79 Å². The zero-order valence-corrected chi connectivity index (χ0v) is 12.9. The quantitative estimate of drug-likeness (QED) is 0.719. The highest BCUT2D eigenvalue weighted by molar-refractivity contribution is 7.11. The summed E-state index contributed by atoms with van der Waals surface area (Å²) in [6.45, 7) is 8.13. The molecule has 0 aliphatic carbocycles. The predicted molar refractivity (Wildman–Crippen MR) is 81.7 cm³/mol. The van der Waals surface area contributed by atoms with Crippen LogP contribution in [0.1, 0.15) is 57.3 Å². The zero-order valence-electron chi connectivity index (χ0n) is 12.1. The van der Waals surface area contributed by atoms with E-state index in [1.54, 1.807) is 0 Å². The van der Waals surface area contributed by atoms with Crippen LogP contribution in [0.3, 0.4) is 0 Å². The van der Waals surface area contributed by atoms with Gasteiger partial charge < -0.3 is 16.4 Å². The van der Waals surface area contributed by atoms with Crippen LogP contribution in [-0.4, -0.2) is 22.4 Å². The zero-order chi connectivity index (χ0) is 14.4. The molecular formula is C13H24N4OS. The summed E-state index contributed by atoms with van der Waals surface area (Å²) in [5.74, 6) is 0.145. The predicted octanol–water partition coefficient (Wildman–Crippen LogP) is 2.85. The molecule has 0 spiro atoms. The monoisotopic (exact) mass is 284 g/mol. The number of carbonyl (C=O) groups excluding carboxylic acids is 1. The second kappa shape index (κ2) is 7.33. The lowest BCUT2D eigenvalue weighted by Gasteiger charge is -2.17. The Balaban J connectivity index is 2.87. The molecule has 1 unspecified atom stereocenters. The number of aromatic nitrogens is 1. The molecule has 6 heteroatoms. The molecule has 0 radical (unpaired) electrons. The number of amides is 1. The highest BCUT2D eigenvalue weighted by atomic mass is 32.1. The number of rotatable bonds is 7. The number of nitrogens with one attached hydrogen (secondary N) is 2. The molecule has 1 heterocycles. The largest absolute Gasteiger partial charge is 0.382 e. The van der Waals surface area contributed by atoms with Gasteiger partial charge in [0.05, 0.1) is 0 Å². The Labute approximate surface area is 119 Å². The summed E-state index contributed by atoms with van der Waals surface area (Å²) in [5.41, 5.74) is 6.29. The Bertz CT molecular complexity index is 417. The fourth-order valence-corrected chi connectivity index (χ4v) is 2.66. The minimum Gasteiger partial charge on any atom is -0.382 e. The van der Waals surface area contributed by atoms with Gasteiger partial charge in [-0.15, -0.1) is 0 Å². The van der Waals surface area contributed by atoms with E-state index in [1.807, 2.05) is 13.8 Å². The van der Waals surface area contributed by atoms with E-state index in [9.17, 15) is 4.79 Å². The Morgan fingerprint density at radius 3 is 2.63 bits per heavy atom. The first-order valence-electron chi connectivity index (χ1n) is 6.82. The molecule has 0 saturated carbocycles. The normalized spacial score (nSPS) is 12.5. The number of nitrogen functional groups attached to an aromatic ring is 1. The van der Waals surface area contributed by atoms with Gasteiger partial charge in [-0.2, -0.15) is 4.37 Å². The summed E-state index contributed by atoms with van der Waals surface area (Å²) in [6.07, 6.45) is 3.18. The van der Waals surface area contributed by atoms with Crippen molar-refractivity contribution in [2.45, 2.75) is 59.0 Å². The summed E-state index contributed by atoms with van der Waals surface area (Å²) in [4.78, 5) is 12.1. The van der Waals surface area contributed by atoms with E-state index in [2.05, 4.69) is 28.9 Å². The summed E-state index contributed by atoms with van der Waals surface area (Å²) in [5, 5.41) is 7.02. The van der Waals surface area contributed by atoms with Crippen LogP contribution in [0.4, 0.5) is 10.8 Å². The van der Waals surface area contributed by atoms with Crippen LogP contribution in [0.5, 0.6) is 0 Å². The van der Waals surface area contributed by atoms with E-state index < -0.39 is 0 Å². The number of nitrogens with two attached hydrogens (primary N) is 1. The van der Waals surface area contributed by atoms with Crippen molar-refractivity contribution in [3.05, 3.63) is 5.56 Å². The third kappa shape index (κ3) is 4.38. The van der Waals surface area contributed by atoms with E-state index in [1.165, 1.54) is 11.5 Å². The molecule has 0 fully saturated rings. The first-order valence-corrected chi connectivity index (χ1v) is 7.59. The van der Waals surface area contributed by atoms with Crippen LogP contribution in [0.25, 0.3) is 0 Å². The van der Waals surface area contributed by atoms with Crippen molar-refractivity contribution in [2.24, 2.45) is 0 Å². The van der Waals surface area contributed by atoms with Gasteiger partial charge in [-0.05, 0) is 38.2 Å². The van der Waals surface area contributed by atoms with Gasteiger partial charge in [-0.1, -0.05) is 20.3 Å². The van der Waals surface area contributed by atoms with Crippen molar-refractivity contribution in [3.63, 3.8) is 0 Å². The van der Waals surface area contributed by atoms with Crippen molar-refractivity contribution in [1.29, 1.82) is 0 Å². The first-order chi connectivity index (χ1) is 8.99. The average molecular weight is 284 g/mol. The third-order valence-electron chi connectivity index (χ3n) is 2.83. The lowest BCUT2D eigenvalue weighted by molar-refractivity contribution is 0.0945. The number of carbonyl (C=O) groups is 1. The Morgan fingerprint density at radius 1 is 1.42 bits per heavy atom. The van der Waals surface area contributed by atoms with Gasteiger partial charge in [0.1, 0.15) is 10.6 Å². The molecule has 5 nitrogen and oxygen atoms in total. The average Bonchev–Trinajstić information content (AvgIpc) is 2.69. The van der Waals surface area contributed by atoms with Crippen LogP contribution in [-0.2, 0) is 0 Å². The highest BCUT2D eigenvalue weighted by Gasteiger charge is 2.21. The van der Waals surface area contributed by atoms with E-state index >= 15 is 0 Å². The molecule has 1 rings (SSSR count). The van der Waals surface area contributed by atoms with E-state index in [0.29, 0.717) is 17.4 Å². The van der Waals surface area contributed by atoms with Crippen molar-refractivity contribution >= 4 is 28.3 Å². The maximum Gasteiger partial charge on any atom is 0.258 e. The molecule has 0 aromatic carbocycles. The molecule has 0 aliphatic heterocycles. The number of hydrogen-bond donors (Lipinski definition) is 3. The van der Waals surface area contributed by atoms with Gasteiger partial charge >= 0.3 is 0 Å². The standard InChI is InChI=1S/C13H24N4OS/c1-5-7-9(6-2)16-13-10(11(14)17-19-13)12(18)15-8(3)4/h8-9,16H,5-7H2,1-4H3,(H2,14,17)(H,15,18). The summed E-state index contributed by atoms with van der Waals surface area (Å²) in [6, 6.07) is 0.438. The lowest BCUT2D eigenvalue weighted by Crippen LogP contribution is -2.31. The smallest absolute Gasteiger partial charge is 0.258 e. The van der Waals surface area contributed by atoms with Crippen LogP contribution in [0, 0.1) is 0 Å². The maximum atomic E-state index is 12.1. The van der Waals surface area contributed by atoms with Gasteiger partial charge in [0, 0.05) is 12.1 Å². The second-order valence-electron chi connectivity index (χ2n) is 4.94. The molecule has 4 N–H and O–H groups in total. The third-order valence-corrected chi connectivity index (χ3v) is 3.62. The van der Waals surface area contributed by atoms with E-state index in [4.69, 9.17) is 5.73 Å². The molecule has 0 bridgehead atoms. The first kappa shape index (κ1) is 15.8. The van der Waals surface area contributed by atoms with Crippen LogP contribution in [0.2, 0.25) is 0 Å². The van der Waals surface area contributed by atoms with Gasteiger partial charge in [0.2, 0.25) is 0 Å². The van der Waals surface area contributed by atoms with E-state index in [0.717, 1.165) is 24.3 Å². The van der Waals surface area contributed by atoms with Crippen molar-refractivity contribution in [3.8, 4) is 0 Å². The molecule has 1 amide bonds. The Hall–Kier alpha value is -1.30. The fourth-order valence-electron chi connectivity index (χ4n) is 1.87. The fraction of sp³-hybridized carbons (Fsp3) is 0.692. The number of anilines is 2. The van der Waals surface area contributed by atoms with Crippen LogP contribution >= 0.6 is 11.5 Å². The number of hydrogen-bond acceptors (Lipinski definition) is 5. The topological polar surface area (TPSA) is 80.0 Å². The second-order valence-corrected chi connectivity index (χ2v) is 5.71. The molecule has 1 aromatic heterocycles. The van der Waals surface area contributed by atoms with Crippen molar-refractivity contribution in [1.82, 2.24) is 9.69 Å². The van der Waals surface area contributed by atoms with Crippen LogP contribution < -0.4 is 16.4 Å². The van der Waals surface area contributed by atoms with Crippen molar-refractivity contribution in [2.75, 3.05) is 11.1 Å². The van der Waals surface area contributed by atoms with Gasteiger partial charge in [0.15, 0.2) is 5.82 Å². The Morgan fingerprint density at radius 2 is 2.11 bits per heavy atom. The molecule has 19 heavy (non-hydrogen) atoms. The lowest BCUT2D eigenvalue weighted by atomic mass is 10.1. The summed E-state index contributed by atoms with van der Waals surface area (Å²) in [7, 11) is 0. The molecule has 0 aliphatic rings. The van der Waals surface area contributed by atoms with Gasteiger partial charge in [-0.25, -0.2) is 0 Å². The molecule has 0 saturated heterocycles. The van der Waals surface area contributed by atoms with Crippen LogP contribution in [0.15, 0.2) is 0 Å². The minimum atomic E-state index is -0.157.